The van der Waals surface area contributed by atoms with E-state index in [0.29, 0.717) is 19.6 Å². The number of carbonyl (C=O) groups is 1. The second-order valence-electron chi connectivity index (χ2n) is 5.56. The van der Waals surface area contributed by atoms with Crippen LogP contribution in [0.25, 0.3) is 6.08 Å². The molecule has 0 saturated heterocycles. The first-order chi connectivity index (χ1) is 11.0. The van der Waals surface area contributed by atoms with E-state index in [1.165, 1.54) is 11.0 Å². The van der Waals surface area contributed by atoms with Gasteiger partial charge >= 0.3 is 0 Å². The average Bonchev–Trinajstić information content (AvgIpc) is 2.89. The highest BCUT2D eigenvalue weighted by Gasteiger charge is 2.21. The lowest BCUT2D eigenvalue weighted by Crippen LogP contribution is -2.25. The van der Waals surface area contributed by atoms with Gasteiger partial charge in [-0.2, -0.15) is 5.26 Å². The van der Waals surface area contributed by atoms with Crippen LogP contribution in [0.1, 0.15) is 31.4 Å². The quantitative estimate of drug-likeness (QED) is 0.758. The van der Waals surface area contributed by atoms with Gasteiger partial charge in [0.15, 0.2) is 0 Å². The molecule has 1 aliphatic heterocycles. The van der Waals surface area contributed by atoms with Crippen LogP contribution in [0.2, 0.25) is 0 Å². The Kier molecular flexibility index (Phi) is 5.64. The fourth-order valence-electron chi connectivity index (χ4n) is 2.48. The SMILES string of the molecule is CCOc1cc2c(cc1/C=C/C(=O)N(C)CCC#N)OC(C)C2. The molecule has 1 aliphatic rings. The van der Waals surface area contributed by atoms with Gasteiger partial charge in [-0.05, 0) is 32.1 Å². The van der Waals surface area contributed by atoms with Crippen LogP contribution in [0.4, 0.5) is 0 Å². The van der Waals surface area contributed by atoms with Gasteiger partial charge in [0.2, 0.25) is 5.91 Å². The molecular weight excluding hydrogens is 292 g/mol. The lowest BCUT2D eigenvalue weighted by molar-refractivity contribution is -0.124. The molecule has 0 bridgehead atoms. The van der Waals surface area contributed by atoms with E-state index in [1.807, 2.05) is 32.0 Å². The van der Waals surface area contributed by atoms with E-state index >= 15 is 0 Å². The number of hydrogen-bond acceptors (Lipinski definition) is 4. The minimum absolute atomic E-state index is 0.141. The Morgan fingerprint density at radius 2 is 2.35 bits per heavy atom. The first kappa shape index (κ1) is 16.9. The van der Waals surface area contributed by atoms with Gasteiger partial charge in [-0.3, -0.25) is 4.79 Å². The maximum atomic E-state index is 12.0. The fraction of sp³-hybridized carbons (Fsp3) is 0.444. The molecule has 0 spiro atoms. The van der Waals surface area contributed by atoms with Gasteiger partial charge in [0.1, 0.15) is 17.6 Å². The van der Waals surface area contributed by atoms with Crippen molar-refractivity contribution < 1.29 is 14.3 Å². The van der Waals surface area contributed by atoms with Crippen molar-refractivity contribution in [1.82, 2.24) is 4.90 Å². The molecule has 0 radical (unpaired) electrons. The van der Waals surface area contributed by atoms with Crippen LogP contribution in [-0.4, -0.2) is 37.1 Å². The molecule has 122 valence electrons. The maximum Gasteiger partial charge on any atom is 0.246 e. The summed E-state index contributed by atoms with van der Waals surface area (Å²) in [7, 11) is 1.68. The van der Waals surface area contributed by atoms with E-state index < -0.39 is 0 Å². The van der Waals surface area contributed by atoms with Gasteiger partial charge in [0, 0.05) is 37.2 Å². The van der Waals surface area contributed by atoms with Crippen molar-refractivity contribution in [2.45, 2.75) is 32.8 Å². The third-order valence-corrected chi connectivity index (χ3v) is 3.67. The Balaban J connectivity index is 2.18. The van der Waals surface area contributed by atoms with Crippen LogP contribution in [0.3, 0.4) is 0 Å². The summed E-state index contributed by atoms with van der Waals surface area (Å²) in [6, 6.07) is 5.94. The zero-order chi connectivity index (χ0) is 16.8. The third-order valence-electron chi connectivity index (χ3n) is 3.67. The van der Waals surface area contributed by atoms with Crippen molar-refractivity contribution in [3.8, 4) is 17.6 Å². The molecule has 1 unspecified atom stereocenters. The second kappa shape index (κ2) is 7.68. The summed E-state index contributed by atoms with van der Waals surface area (Å²) >= 11 is 0. The number of ether oxygens (including phenoxy) is 2. The molecule has 1 heterocycles. The molecule has 0 N–H and O–H groups in total. The Bertz CT molecular complexity index is 646. The Morgan fingerprint density at radius 1 is 1.57 bits per heavy atom. The number of nitrogens with zero attached hydrogens (tertiary/aromatic N) is 2. The zero-order valence-corrected chi connectivity index (χ0v) is 13.8. The number of fused-ring (bicyclic) bond motifs is 1. The van der Waals surface area contributed by atoms with Crippen molar-refractivity contribution in [3.05, 3.63) is 29.3 Å². The molecule has 0 aromatic heterocycles. The molecule has 5 heteroatoms. The fourth-order valence-corrected chi connectivity index (χ4v) is 2.48. The summed E-state index contributed by atoms with van der Waals surface area (Å²) in [4.78, 5) is 13.6. The minimum Gasteiger partial charge on any atom is -0.493 e. The van der Waals surface area contributed by atoms with Crippen LogP contribution in [-0.2, 0) is 11.2 Å². The highest BCUT2D eigenvalue weighted by atomic mass is 16.5. The van der Waals surface area contributed by atoms with Crippen molar-refractivity contribution in [3.63, 3.8) is 0 Å². The number of amides is 1. The standard InChI is InChI=1S/C18H22N2O3/c1-4-22-16-12-15-10-13(2)23-17(15)11-14(16)6-7-18(21)20(3)9-5-8-19/h6-7,11-13H,4-5,9-10H2,1-3H3/b7-6+. The van der Waals surface area contributed by atoms with Gasteiger partial charge in [0.05, 0.1) is 19.1 Å². The summed E-state index contributed by atoms with van der Waals surface area (Å²) in [5, 5.41) is 8.57. The Labute approximate surface area is 137 Å². The largest absolute Gasteiger partial charge is 0.493 e. The molecule has 1 aromatic carbocycles. The maximum absolute atomic E-state index is 12.0. The van der Waals surface area contributed by atoms with E-state index in [0.717, 1.165) is 29.0 Å². The van der Waals surface area contributed by atoms with Crippen LogP contribution in [0.5, 0.6) is 11.5 Å². The van der Waals surface area contributed by atoms with Crippen molar-refractivity contribution in [1.29, 1.82) is 5.26 Å². The number of carbonyl (C=O) groups excluding carboxylic acids is 1. The van der Waals surface area contributed by atoms with E-state index in [-0.39, 0.29) is 12.0 Å². The van der Waals surface area contributed by atoms with Crippen molar-refractivity contribution in [2.75, 3.05) is 20.2 Å². The van der Waals surface area contributed by atoms with E-state index in [2.05, 4.69) is 0 Å². The number of benzene rings is 1. The zero-order valence-electron chi connectivity index (χ0n) is 13.8. The van der Waals surface area contributed by atoms with Crippen LogP contribution in [0, 0.1) is 11.3 Å². The van der Waals surface area contributed by atoms with Gasteiger partial charge in [-0.15, -0.1) is 0 Å². The van der Waals surface area contributed by atoms with E-state index in [4.69, 9.17) is 14.7 Å². The molecular formula is C18H22N2O3. The summed E-state index contributed by atoms with van der Waals surface area (Å²) in [6.07, 6.45) is 4.60. The van der Waals surface area contributed by atoms with E-state index in [9.17, 15) is 4.79 Å². The third kappa shape index (κ3) is 4.26. The predicted octanol–water partition coefficient (Wildman–Crippen LogP) is 2.79. The van der Waals surface area contributed by atoms with Gasteiger partial charge in [-0.25, -0.2) is 0 Å². The average molecular weight is 314 g/mol. The molecule has 0 aliphatic carbocycles. The monoisotopic (exact) mass is 314 g/mol. The van der Waals surface area contributed by atoms with Crippen LogP contribution >= 0.6 is 0 Å². The van der Waals surface area contributed by atoms with Gasteiger partial charge in [0.25, 0.3) is 0 Å². The molecule has 0 saturated carbocycles. The second-order valence-corrected chi connectivity index (χ2v) is 5.56. The summed E-state index contributed by atoms with van der Waals surface area (Å²) < 4.78 is 11.4. The normalized spacial score (nSPS) is 15.8. The van der Waals surface area contributed by atoms with Crippen molar-refractivity contribution >= 4 is 12.0 Å². The predicted molar refractivity (Wildman–Crippen MR) is 88.3 cm³/mol. The molecule has 1 atom stereocenters. The minimum atomic E-state index is -0.141. The van der Waals surface area contributed by atoms with Gasteiger partial charge < -0.3 is 14.4 Å². The van der Waals surface area contributed by atoms with Crippen LogP contribution < -0.4 is 9.47 Å². The summed E-state index contributed by atoms with van der Waals surface area (Å²) in [5.41, 5.74) is 1.96. The molecule has 23 heavy (non-hydrogen) atoms. The molecule has 0 fully saturated rings. The molecule has 1 amide bonds. The number of likely N-dealkylation sites (N-methyl/N-ethyl adjacent to an activating group) is 1. The lowest BCUT2D eigenvalue weighted by Gasteiger charge is -2.13. The lowest BCUT2D eigenvalue weighted by atomic mass is 10.1. The molecule has 1 aromatic rings. The summed E-state index contributed by atoms with van der Waals surface area (Å²) in [5.74, 6) is 1.47. The topological polar surface area (TPSA) is 62.6 Å². The Morgan fingerprint density at radius 3 is 3.04 bits per heavy atom. The number of hydrogen-bond donors (Lipinski definition) is 0. The molecule has 5 nitrogen and oxygen atoms in total. The number of rotatable bonds is 6. The smallest absolute Gasteiger partial charge is 0.246 e. The molecule has 2 rings (SSSR count). The highest BCUT2D eigenvalue weighted by Crippen LogP contribution is 2.35. The first-order valence-corrected chi connectivity index (χ1v) is 7.81. The van der Waals surface area contributed by atoms with E-state index in [1.54, 1.807) is 13.1 Å². The first-order valence-electron chi connectivity index (χ1n) is 7.81. The number of nitriles is 1. The van der Waals surface area contributed by atoms with Crippen LogP contribution in [0.15, 0.2) is 18.2 Å². The summed E-state index contributed by atoms with van der Waals surface area (Å²) in [6.45, 7) is 4.94. The van der Waals surface area contributed by atoms with Crippen molar-refractivity contribution in [2.24, 2.45) is 0 Å². The highest BCUT2D eigenvalue weighted by molar-refractivity contribution is 5.92. The van der Waals surface area contributed by atoms with Gasteiger partial charge in [-0.1, -0.05) is 0 Å². The Hall–Kier alpha value is -2.48.